The number of rotatable bonds is 8. The minimum absolute atomic E-state index is 0.0868. The van der Waals surface area contributed by atoms with E-state index in [-0.39, 0.29) is 16.2 Å². The molecule has 3 aliphatic rings. The van der Waals surface area contributed by atoms with Crippen LogP contribution in [-0.2, 0) is 4.43 Å². The molecule has 3 rings (SSSR count). The lowest BCUT2D eigenvalue weighted by Gasteiger charge is -2.45. The predicted octanol–water partition coefficient (Wildman–Crippen LogP) is 9.41. The van der Waals surface area contributed by atoms with Gasteiger partial charge in [-0.3, -0.25) is 0 Å². The molecule has 2 N–H and O–H groups in total. The molecular weight excluding hydrogens is 513 g/mol. The zero-order valence-corrected chi connectivity index (χ0v) is 29.4. The van der Waals surface area contributed by atoms with Crippen molar-refractivity contribution in [2.75, 3.05) is 6.61 Å². The molecule has 0 bridgehead atoms. The molecule has 0 amide bonds. The number of aliphatic hydroxyl groups excluding tert-OH is 1. The highest BCUT2D eigenvalue weighted by Gasteiger charge is 2.50. The van der Waals surface area contributed by atoms with Gasteiger partial charge in [0.1, 0.15) is 0 Å². The van der Waals surface area contributed by atoms with Crippen molar-refractivity contribution in [1.82, 2.24) is 0 Å². The molecule has 3 fully saturated rings. The molecule has 6 atom stereocenters. The molecule has 0 heterocycles. The van der Waals surface area contributed by atoms with Gasteiger partial charge < -0.3 is 14.3 Å². The van der Waals surface area contributed by atoms with E-state index in [1.807, 2.05) is 0 Å². The van der Waals surface area contributed by atoms with Gasteiger partial charge in [-0.15, -0.1) is 0 Å². The van der Waals surface area contributed by atoms with Crippen LogP contribution >= 0.6 is 0 Å². The third-order valence-electron chi connectivity index (χ3n) is 12.1. The van der Waals surface area contributed by atoms with E-state index in [0.29, 0.717) is 35.7 Å². The minimum Gasteiger partial charge on any atom is -0.432 e. The SMILES string of the molecule is C=C1/C(=C\C=C2/CCC[C@]3(C)C([C@H](C)CO)CC[C@@H]23)C[C@@H](O[Si](C)(C)C(C)(C)C)C[C@@H]1CC(C)(C)[Si](C)(C)O. The highest BCUT2D eigenvalue weighted by atomic mass is 28.4. The van der Waals surface area contributed by atoms with Crippen molar-refractivity contribution >= 4 is 16.6 Å². The highest BCUT2D eigenvalue weighted by Crippen LogP contribution is 2.59. The van der Waals surface area contributed by atoms with E-state index < -0.39 is 16.6 Å². The lowest BCUT2D eigenvalue weighted by atomic mass is 9.61. The summed E-state index contributed by atoms with van der Waals surface area (Å²) in [5.74, 6) is 1.97. The number of allylic oxidation sites excluding steroid dienone is 4. The first-order valence-electron chi connectivity index (χ1n) is 15.8. The lowest BCUT2D eigenvalue weighted by Crippen LogP contribution is -2.46. The second-order valence-corrected chi connectivity index (χ2v) is 25.7. The molecule has 5 heteroatoms. The van der Waals surface area contributed by atoms with Gasteiger partial charge in [0, 0.05) is 12.7 Å². The van der Waals surface area contributed by atoms with Crippen molar-refractivity contribution < 1.29 is 14.3 Å². The van der Waals surface area contributed by atoms with E-state index in [1.165, 1.54) is 43.3 Å². The zero-order valence-electron chi connectivity index (χ0n) is 27.4. The van der Waals surface area contributed by atoms with Gasteiger partial charge in [-0.2, -0.15) is 0 Å². The normalized spacial score (nSPS) is 34.0. The largest absolute Gasteiger partial charge is 0.432 e. The second-order valence-electron chi connectivity index (χ2n) is 16.5. The Morgan fingerprint density at radius 3 is 2.31 bits per heavy atom. The Kier molecular flexibility index (Phi) is 9.88. The number of hydrogen-bond acceptors (Lipinski definition) is 3. The Morgan fingerprint density at radius 2 is 1.74 bits per heavy atom. The summed E-state index contributed by atoms with van der Waals surface area (Å²) in [6, 6.07) is 0. The van der Waals surface area contributed by atoms with Crippen LogP contribution in [-0.4, -0.2) is 39.2 Å². The maximum Gasteiger partial charge on any atom is 0.192 e. The Balaban J connectivity index is 1.93. The van der Waals surface area contributed by atoms with Crippen molar-refractivity contribution in [2.45, 2.75) is 142 Å². The third kappa shape index (κ3) is 6.96. The standard InChI is InChI=1S/C34H62O3Si2/c1-24(23-35)30-17-18-31-26(14-13-19-34(30,31)8)15-16-27-20-29(37-39(11,12)32(3,4)5)21-28(25(27)2)22-33(6,7)38(9,10)36/h15-16,24,28-31,35-36H,2,13-14,17-23H2,1,3-12H3/b26-15+,27-16-/t24-,28-,29-,30?,31+,34-/m1/s1. The van der Waals surface area contributed by atoms with Crippen molar-refractivity contribution in [1.29, 1.82) is 0 Å². The Labute approximate surface area is 243 Å². The second kappa shape index (κ2) is 11.7. The quantitative estimate of drug-likeness (QED) is 0.284. The summed E-state index contributed by atoms with van der Waals surface area (Å²) in [4.78, 5) is 11.1. The van der Waals surface area contributed by atoms with Crippen LogP contribution in [0.1, 0.15) is 99.8 Å². The zero-order chi connectivity index (χ0) is 29.6. The first kappa shape index (κ1) is 33.0. The van der Waals surface area contributed by atoms with Crippen LogP contribution in [0.2, 0.25) is 36.3 Å². The molecular formula is C34H62O3Si2. The van der Waals surface area contributed by atoms with Crippen LogP contribution in [0.3, 0.4) is 0 Å². The van der Waals surface area contributed by atoms with Crippen LogP contribution in [0.25, 0.3) is 0 Å². The van der Waals surface area contributed by atoms with E-state index >= 15 is 0 Å². The molecule has 0 saturated heterocycles. The minimum atomic E-state index is -2.33. The summed E-state index contributed by atoms with van der Waals surface area (Å²) < 4.78 is 7.04. The summed E-state index contributed by atoms with van der Waals surface area (Å²) >= 11 is 0. The van der Waals surface area contributed by atoms with Gasteiger partial charge in [0.2, 0.25) is 0 Å². The average molecular weight is 575 g/mol. The van der Waals surface area contributed by atoms with Gasteiger partial charge in [0.15, 0.2) is 16.6 Å². The van der Waals surface area contributed by atoms with Crippen LogP contribution < -0.4 is 0 Å². The first-order valence-corrected chi connectivity index (χ1v) is 21.7. The average Bonchev–Trinajstić information content (AvgIpc) is 3.15. The molecule has 3 aliphatic carbocycles. The Bertz CT molecular complexity index is 948. The molecule has 0 radical (unpaired) electrons. The van der Waals surface area contributed by atoms with Crippen molar-refractivity contribution in [3.05, 3.63) is 35.5 Å². The highest BCUT2D eigenvalue weighted by molar-refractivity contribution is 6.74. The number of aliphatic hydroxyl groups is 1. The maximum absolute atomic E-state index is 11.1. The van der Waals surface area contributed by atoms with Gasteiger partial charge >= 0.3 is 0 Å². The monoisotopic (exact) mass is 574 g/mol. The van der Waals surface area contributed by atoms with Crippen LogP contribution in [0.4, 0.5) is 0 Å². The van der Waals surface area contributed by atoms with E-state index in [2.05, 4.69) is 93.4 Å². The smallest absolute Gasteiger partial charge is 0.192 e. The summed E-state index contributed by atoms with van der Waals surface area (Å²) in [5, 5.41) is 10.0. The van der Waals surface area contributed by atoms with Gasteiger partial charge in [0.25, 0.3) is 0 Å². The van der Waals surface area contributed by atoms with Crippen LogP contribution in [0.15, 0.2) is 35.5 Å². The fourth-order valence-corrected chi connectivity index (χ4v) is 9.77. The fourth-order valence-electron chi connectivity index (χ4n) is 7.66. The molecule has 1 unspecified atom stereocenters. The first-order chi connectivity index (χ1) is 17.7. The topological polar surface area (TPSA) is 49.7 Å². The molecule has 39 heavy (non-hydrogen) atoms. The predicted molar refractivity (Wildman–Crippen MR) is 173 cm³/mol. The third-order valence-corrected chi connectivity index (χ3v) is 20.1. The summed E-state index contributed by atoms with van der Waals surface area (Å²) in [7, 11) is -4.24. The lowest BCUT2D eigenvalue weighted by molar-refractivity contribution is 0.0690. The Hall–Kier alpha value is -0.466. The van der Waals surface area contributed by atoms with Crippen molar-refractivity contribution in [2.24, 2.45) is 29.1 Å². The number of fused-ring (bicyclic) bond motifs is 1. The summed E-state index contributed by atoms with van der Waals surface area (Å²) in [6.45, 7) is 30.1. The van der Waals surface area contributed by atoms with Gasteiger partial charge in [-0.25, -0.2) is 0 Å². The molecule has 3 saturated carbocycles. The van der Waals surface area contributed by atoms with Gasteiger partial charge in [-0.1, -0.05) is 72.8 Å². The summed E-state index contributed by atoms with van der Waals surface area (Å²) in [6.07, 6.45) is 14.2. The molecule has 224 valence electrons. The molecule has 3 nitrogen and oxygen atoms in total. The maximum atomic E-state index is 11.1. The van der Waals surface area contributed by atoms with E-state index in [4.69, 9.17) is 4.43 Å². The van der Waals surface area contributed by atoms with Gasteiger partial charge in [0.05, 0.1) is 0 Å². The van der Waals surface area contributed by atoms with Crippen LogP contribution in [0.5, 0.6) is 0 Å². The number of hydrogen-bond donors (Lipinski definition) is 2. The summed E-state index contributed by atoms with van der Waals surface area (Å²) in [5.41, 5.74) is 4.56. The fraction of sp³-hybridized carbons (Fsp3) is 0.824. The van der Waals surface area contributed by atoms with Gasteiger partial charge in [-0.05, 0) is 128 Å². The van der Waals surface area contributed by atoms with E-state index in [9.17, 15) is 9.90 Å². The molecule has 0 aliphatic heterocycles. The van der Waals surface area contributed by atoms with E-state index in [0.717, 1.165) is 19.3 Å². The molecule has 0 aromatic carbocycles. The molecule has 0 aromatic rings. The molecule has 0 aromatic heterocycles. The van der Waals surface area contributed by atoms with E-state index in [1.54, 1.807) is 5.57 Å². The van der Waals surface area contributed by atoms with Crippen molar-refractivity contribution in [3.63, 3.8) is 0 Å². The van der Waals surface area contributed by atoms with Crippen molar-refractivity contribution in [3.8, 4) is 0 Å². The van der Waals surface area contributed by atoms with Crippen LogP contribution in [0, 0.1) is 29.1 Å². The Morgan fingerprint density at radius 1 is 1.10 bits per heavy atom. The molecule has 0 spiro atoms.